The van der Waals surface area contributed by atoms with Crippen molar-refractivity contribution in [1.29, 1.82) is 0 Å². The zero-order chi connectivity index (χ0) is 24.4. The van der Waals surface area contributed by atoms with Crippen LogP contribution in [0.1, 0.15) is 16.7 Å². The molecule has 0 saturated heterocycles. The maximum absolute atomic E-state index is 2.40. The highest BCUT2D eigenvalue weighted by atomic mass is 32.1. The Hall–Kier alpha value is -3.94. The molecule has 0 spiro atoms. The molecular weight excluding hydrogens is 452 g/mol. The third kappa shape index (κ3) is 3.35. The molecule has 1 heteroatoms. The Balaban J connectivity index is 1.52. The van der Waals surface area contributed by atoms with Gasteiger partial charge in [0, 0.05) is 20.2 Å². The fourth-order valence-corrected chi connectivity index (χ4v) is 6.94. The predicted molar refractivity (Wildman–Crippen MR) is 159 cm³/mol. The highest BCUT2D eigenvalue weighted by Gasteiger charge is 2.15. The minimum Gasteiger partial charge on any atom is -0.135 e. The van der Waals surface area contributed by atoms with Gasteiger partial charge in [-0.25, -0.2) is 0 Å². The maximum atomic E-state index is 2.40. The van der Waals surface area contributed by atoms with E-state index in [0.29, 0.717) is 0 Å². The highest BCUT2D eigenvalue weighted by molar-refractivity contribution is 7.26. The van der Waals surface area contributed by atoms with Gasteiger partial charge in [0.15, 0.2) is 0 Å². The van der Waals surface area contributed by atoms with Crippen LogP contribution >= 0.6 is 11.3 Å². The Morgan fingerprint density at radius 1 is 0.444 bits per heavy atom. The molecule has 7 rings (SSSR count). The summed E-state index contributed by atoms with van der Waals surface area (Å²) in [6.45, 7) is 6.62. The van der Waals surface area contributed by atoms with Gasteiger partial charge in [-0.15, -0.1) is 11.3 Å². The molecule has 0 bridgehead atoms. The molecule has 0 radical (unpaired) electrons. The third-order valence-corrected chi connectivity index (χ3v) is 8.56. The Bertz CT molecular complexity index is 1970. The lowest BCUT2D eigenvalue weighted by molar-refractivity contribution is 1.46. The smallest absolute Gasteiger partial charge is 0.0434 e. The van der Waals surface area contributed by atoms with E-state index in [2.05, 4.69) is 124 Å². The summed E-state index contributed by atoms with van der Waals surface area (Å²) in [5.41, 5.74) is 9.09. The second-order valence-corrected chi connectivity index (χ2v) is 11.1. The molecule has 0 saturated carbocycles. The van der Waals surface area contributed by atoms with E-state index in [0.717, 1.165) is 0 Å². The summed E-state index contributed by atoms with van der Waals surface area (Å²) >= 11 is 1.91. The van der Waals surface area contributed by atoms with Crippen molar-refractivity contribution in [2.24, 2.45) is 0 Å². The first-order valence-corrected chi connectivity index (χ1v) is 13.3. The van der Waals surface area contributed by atoms with Crippen LogP contribution < -0.4 is 0 Å². The average molecular weight is 479 g/mol. The van der Waals surface area contributed by atoms with Gasteiger partial charge in [0.25, 0.3) is 0 Å². The first-order chi connectivity index (χ1) is 17.5. The molecule has 0 aliphatic heterocycles. The second kappa shape index (κ2) is 8.05. The fourth-order valence-electron chi connectivity index (χ4n) is 5.74. The average Bonchev–Trinajstić information content (AvgIpc) is 3.25. The molecular formula is C35H26S. The van der Waals surface area contributed by atoms with Crippen molar-refractivity contribution >= 4 is 53.1 Å². The normalized spacial score (nSPS) is 11.8. The molecule has 7 aromatic rings. The van der Waals surface area contributed by atoms with E-state index in [4.69, 9.17) is 0 Å². The number of hydrogen-bond donors (Lipinski definition) is 0. The van der Waals surface area contributed by atoms with Gasteiger partial charge in [0.1, 0.15) is 0 Å². The van der Waals surface area contributed by atoms with Crippen molar-refractivity contribution in [3.05, 3.63) is 120 Å². The molecule has 172 valence electrons. The van der Waals surface area contributed by atoms with Gasteiger partial charge in [-0.3, -0.25) is 0 Å². The summed E-state index contributed by atoms with van der Waals surface area (Å²) in [6, 6.07) is 38.5. The largest absolute Gasteiger partial charge is 0.135 e. The van der Waals surface area contributed by atoms with Crippen molar-refractivity contribution < 1.29 is 0 Å². The van der Waals surface area contributed by atoms with Crippen LogP contribution in [0.25, 0.3) is 64.0 Å². The first-order valence-electron chi connectivity index (χ1n) is 12.5. The number of aryl methyl sites for hydroxylation is 3. The molecule has 0 atom stereocenters. The minimum atomic E-state index is 1.28. The van der Waals surface area contributed by atoms with Crippen LogP contribution in [0.2, 0.25) is 0 Å². The Labute approximate surface area is 215 Å². The molecule has 0 unspecified atom stereocenters. The molecule has 0 amide bonds. The van der Waals surface area contributed by atoms with Gasteiger partial charge < -0.3 is 0 Å². The van der Waals surface area contributed by atoms with Gasteiger partial charge in [-0.05, 0) is 112 Å². The molecule has 1 aromatic heterocycles. The summed E-state index contributed by atoms with van der Waals surface area (Å²) in [4.78, 5) is 0. The lowest BCUT2D eigenvalue weighted by Crippen LogP contribution is -1.88. The first kappa shape index (κ1) is 21.4. The van der Waals surface area contributed by atoms with Crippen molar-refractivity contribution in [1.82, 2.24) is 0 Å². The fraction of sp³-hybridized carbons (Fsp3) is 0.0857. The number of rotatable bonds is 2. The van der Waals surface area contributed by atoms with E-state index in [9.17, 15) is 0 Å². The number of thiophene rings is 1. The van der Waals surface area contributed by atoms with E-state index in [1.54, 1.807) is 0 Å². The molecule has 0 aliphatic carbocycles. The van der Waals surface area contributed by atoms with Gasteiger partial charge in [0.05, 0.1) is 0 Å². The molecule has 0 nitrogen and oxygen atoms in total. The van der Waals surface area contributed by atoms with Gasteiger partial charge in [0.2, 0.25) is 0 Å². The van der Waals surface area contributed by atoms with Crippen LogP contribution in [0.5, 0.6) is 0 Å². The quantitative estimate of drug-likeness (QED) is 0.217. The summed E-state index contributed by atoms with van der Waals surface area (Å²) < 4.78 is 2.73. The van der Waals surface area contributed by atoms with Crippen LogP contribution in [0.4, 0.5) is 0 Å². The molecule has 1 heterocycles. The standard InChI is InChI=1S/C35H26S/c1-21-12-13-34-32(16-21)33-18-23(3)17-31(35(33)36-34)26-15-22(2)14-25(19-26)30-20-24-8-4-5-9-27(24)28-10-6-7-11-29(28)30/h4-20H,1-3H3. The number of hydrogen-bond acceptors (Lipinski definition) is 1. The van der Waals surface area contributed by atoms with Crippen molar-refractivity contribution in [3.63, 3.8) is 0 Å². The zero-order valence-corrected chi connectivity index (χ0v) is 21.5. The molecule has 0 fully saturated rings. The van der Waals surface area contributed by atoms with E-state index >= 15 is 0 Å². The predicted octanol–water partition coefficient (Wildman–Crippen LogP) is 10.6. The van der Waals surface area contributed by atoms with Crippen molar-refractivity contribution in [3.8, 4) is 22.3 Å². The number of fused-ring (bicyclic) bond motifs is 6. The van der Waals surface area contributed by atoms with Crippen LogP contribution in [0, 0.1) is 20.8 Å². The van der Waals surface area contributed by atoms with Crippen LogP contribution in [-0.4, -0.2) is 0 Å². The maximum Gasteiger partial charge on any atom is 0.0434 e. The van der Waals surface area contributed by atoms with Gasteiger partial charge in [-0.2, -0.15) is 0 Å². The van der Waals surface area contributed by atoms with Crippen LogP contribution in [-0.2, 0) is 0 Å². The summed E-state index contributed by atoms with van der Waals surface area (Å²) in [5, 5.41) is 7.95. The summed E-state index contributed by atoms with van der Waals surface area (Å²) in [7, 11) is 0. The SMILES string of the molecule is Cc1cc(-c2cc3ccccc3c3ccccc23)cc(-c2cc(C)cc3c2sc2ccc(C)cc23)c1. The zero-order valence-electron chi connectivity index (χ0n) is 20.7. The van der Waals surface area contributed by atoms with E-state index < -0.39 is 0 Å². The van der Waals surface area contributed by atoms with Crippen LogP contribution in [0.3, 0.4) is 0 Å². The summed E-state index contributed by atoms with van der Waals surface area (Å²) in [6.07, 6.45) is 0. The van der Waals surface area contributed by atoms with Crippen molar-refractivity contribution in [2.75, 3.05) is 0 Å². The molecule has 6 aromatic carbocycles. The van der Waals surface area contributed by atoms with E-state index in [-0.39, 0.29) is 0 Å². The molecule has 0 N–H and O–H groups in total. The highest BCUT2D eigenvalue weighted by Crippen LogP contribution is 2.43. The second-order valence-electron chi connectivity index (χ2n) is 10.1. The van der Waals surface area contributed by atoms with Crippen LogP contribution in [0.15, 0.2) is 103 Å². The lowest BCUT2D eigenvalue weighted by atomic mass is 9.90. The van der Waals surface area contributed by atoms with Gasteiger partial charge in [-0.1, -0.05) is 72.3 Å². The minimum absolute atomic E-state index is 1.28. The Morgan fingerprint density at radius 2 is 1.11 bits per heavy atom. The Kier molecular flexibility index (Phi) is 4.77. The Morgan fingerprint density at radius 3 is 1.94 bits per heavy atom. The molecule has 0 aliphatic rings. The van der Waals surface area contributed by atoms with E-state index in [1.165, 1.54) is 80.7 Å². The van der Waals surface area contributed by atoms with Gasteiger partial charge >= 0.3 is 0 Å². The van der Waals surface area contributed by atoms with Crippen molar-refractivity contribution in [2.45, 2.75) is 20.8 Å². The topological polar surface area (TPSA) is 0 Å². The number of benzene rings is 6. The lowest BCUT2D eigenvalue weighted by Gasteiger charge is -2.14. The third-order valence-electron chi connectivity index (χ3n) is 7.34. The summed E-state index contributed by atoms with van der Waals surface area (Å²) in [5.74, 6) is 0. The van der Waals surface area contributed by atoms with E-state index in [1.807, 2.05) is 11.3 Å². The monoisotopic (exact) mass is 478 g/mol. The molecule has 36 heavy (non-hydrogen) atoms.